The van der Waals surface area contributed by atoms with Crippen LogP contribution >= 0.6 is 0 Å². The Balaban J connectivity index is 5.51. The molecule has 0 aliphatic carbocycles. The third-order valence-corrected chi connectivity index (χ3v) is 2.56. The second-order valence-corrected chi connectivity index (χ2v) is 4.22. The lowest BCUT2D eigenvalue weighted by Crippen LogP contribution is -2.61. The highest BCUT2D eigenvalue weighted by molar-refractivity contribution is 5.33. The van der Waals surface area contributed by atoms with Gasteiger partial charge in [-0.15, -0.1) is 0 Å². The van der Waals surface area contributed by atoms with Gasteiger partial charge in [-0.2, -0.15) is 39.5 Å². The molecule has 0 saturated heterocycles. The fourth-order valence-electron chi connectivity index (χ4n) is 1.45. The van der Waals surface area contributed by atoms with Gasteiger partial charge in [-0.25, -0.2) is 9.79 Å². The average molecular weight is 331 g/mol. The van der Waals surface area contributed by atoms with Crippen molar-refractivity contribution in [3.63, 3.8) is 0 Å². The van der Waals surface area contributed by atoms with E-state index in [0.29, 0.717) is 0 Å². The minimum Gasteiger partial charge on any atom is -0.211 e. The van der Waals surface area contributed by atoms with Crippen LogP contribution in [-0.4, -0.2) is 36.1 Å². The standard InChI is InChI=1S/C10H10F9NO/c1-2-3-6(20-5-21)4-7(11,12)8(13,14)9(15,16)10(17,18)19/h6H,2-4H2,1H3. The molecule has 0 N–H and O–H groups in total. The first-order valence-electron chi connectivity index (χ1n) is 5.51. The van der Waals surface area contributed by atoms with Gasteiger partial charge in [0.1, 0.15) is 0 Å². The molecular formula is C10H10F9NO. The van der Waals surface area contributed by atoms with Crippen molar-refractivity contribution in [1.29, 1.82) is 0 Å². The summed E-state index contributed by atoms with van der Waals surface area (Å²) in [6.07, 6.45) is -8.51. The molecule has 0 aliphatic rings. The predicted molar refractivity (Wildman–Crippen MR) is 52.3 cm³/mol. The van der Waals surface area contributed by atoms with Crippen LogP contribution in [0.3, 0.4) is 0 Å². The zero-order valence-electron chi connectivity index (χ0n) is 10.5. The number of rotatable bonds is 7. The minimum atomic E-state index is -6.93. The SMILES string of the molecule is CCCC(CC(F)(F)C(F)(F)C(F)(F)C(F)(F)F)N=C=O. The van der Waals surface area contributed by atoms with E-state index in [-0.39, 0.29) is 12.8 Å². The van der Waals surface area contributed by atoms with Crippen molar-refractivity contribution in [3.8, 4) is 0 Å². The third-order valence-electron chi connectivity index (χ3n) is 2.56. The van der Waals surface area contributed by atoms with Gasteiger partial charge in [0.25, 0.3) is 0 Å². The van der Waals surface area contributed by atoms with Crippen LogP contribution in [0.1, 0.15) is 26.2 Å². The van der Waals surface area contributed by atoms with Crippen molar-refractivity contribution in [2.24, 2.45) is 4.99 Å². The number of hydrogen-bond acceptors (Lipinski definition) is 2. The molecule has 0 aromatic heterocycles. The maximum Gasteiger partial charge on any atom is 0.460 e. The topological polar surface area (TPSA) is 29.4 Å². The van der Waals surface area contributed by atoms with E-state index in [1.807, 2.05) is 0 Å². The van der Waals surface area contributed by atoms with Crippen LogP contribution in [0.5, 0.6) is 0 Å². The molecule has 0 aromatic rings. The summed E-state index contributed by atoms with van der Waals surface area (Å²) in [6.45, 7) is 1.38. The van der Waals surface area contributed by atoms with Crippen LogP contribution in [0.4, 0.5) is 39.5 Å². The molecule has 0 amide bonds. The number of halogens is 9. The monoisotopic (exact) mass is 331 g/mol. The van der Waals surface area contributed by atoms with E-state index >= 15 is 0 Å². The zero-order valence-corrected chi connectivity index (χ0v) is 10.5. The van der Waals surface area contributed by atoms with Gasteiger partial charge in [0, 0.05) is 6.42 Å². The molecule has 0 saturated carbocycles. The van der Waals surface area contributed by atoms with Crippen molar-refractivity contribution in [2.45, 2.75) is 56.2 Å². The number of hydrogen-bond donors (Lipinski definition) is 0. The molecule has 124 valence electrons. The highest BCUT2D eigenvalue weighted by Gasteiger charge is 2.81. The quantitative estimate of drug-likeness (QED) is 0.387. The van der Waals surface area contributed by atoms with Crippen LogP contribution in [0.25, 0.3) is 0 Å². The summed E-state index contributed by atoms with van der Waals surface area (Å²) in [6, 6.07) is -1.84. The Morgan fingerprint density at radius 2 is 1.43 bits per heavy atom. The summed E-state index contributed by atoms with van der Waals surface area (Å²) in [5.41, 5.74) is 0. The van der Waals surface area contributed by atoms with Crippen molar-refractivity contribution in [1.82, 2.24) is 0 Å². The summed E-state index contributed by atoms with van der Waals surface area (Å²) >= 11 is 0. The van der Waals surface area contributed by atoms with Crippen LogP contribution in [0.2, 0.25) is 0 Å². The Kier molecular flexibility index (Phi) is 5.88. The molecule has 0 rings (SSSR count). The molecule has 0 heterocycles. The molecule has 0 spiro atoms. The molecule has 11 heteroatoms. The van der Waals surface area contributed by atoms with Crippen molar-refractivity contribution >= 4 is 6.08 Å². The van der Waals surface area contributed by atoms with Crippen molar-refractivity contribution in [3.05, 3.63) is 0 Å². The normalized spacial score (nSPS) is 15.5. The van der Waals surface area contributed by atoms with Gasteiger partial charge in [0.05, 0.1) is 6.04 Å². The van der Waals surface area contributed by atoms with Crippen LogP contribution in [-0.2, 0) is 4.79 Å². The largest absolute Gasteiger partial charge is 0.460 e. The summed E-state index contributed by atoms with van der Waals surface area (Å²) in [5.74, 6) is -19.3. The van der Waals surface area contributed by atoms with Crippen molar-refractivity contribution in [2.75, 3.05) is 0 Å². The van der Waals surface area contributed by atoms with E-state index < -0.39 is 36.4 Å². The molecule has 1 atom stereocenters. The molecule has 0 fully saturated rings. The highest BCUT2D eigenvalue weighted by Crippen LogP contribution is 2.54. The Bertz CT molecular complexity index is 398. The average Bonchev–Trinajstić information content (AvgIpc) is 2.27. The third kappa shape index (κ3) is 3.90. The number of isocyanates is 1. The maximum atomic E-state index is 13.2. The molecule has 1 unspecified atom stereocenters. The lowest BCUT2D eigenvalue weighted by molar-refractivity contribution is -0.397. The Morgan fingerprint density at radius 3 is 1.76 bits per heavy atom. The van der Waals surface area contributed by atoms with Gasteiger partial charge in [-0.3, -0.25) is 0 Å². The predicted octanol–water partition coefficient (Wildman–Crippen LogP) is 4.35. The van der Waals surface area contributed by atoms with Crippen LogP contribution in [0, 0.1) is 0 Å². The van der Waals surface area contributed by atoms with Gasteiger partial charge in [-0.05, 0) is 6.42 Å². The van der Waals surface area contributed by atoms with Gasteiger partial charge in [0.2, 0.25) is 6.08 Å². The highest BCUT2D eigenvalue weighted by atomic mass is 19.4. The van der Waals surface area contributed by atoms with E-state index in [4.69, 9.17) is 0 Å². The fraction of sp³-hybridized carbons (Fsp3) is 0.900. The van der Waals surface area contributed by atoms with Gasteiger partial charge in [0.15, 0.2) is 0 Å². The summed E-state index contributed by atoms with van der Waals surface area (Å²) < 4.78 is 113. The zero-order chi connectivity index (χ0) is 17.1. The molecule has 21 heavy (non-hydrogen) atoms. The van der Waals surface area contributed by atoms with Gasteiger partial charge in [-0.1, -0.05) is 13.3 Å². The van der Waals surface area contributed by atoms with E-state index in [2.05, 4.69) is 4.99 Å². The second-order valence-electron chi connectivity index (χ2n) is 4.22. The fourth-order valence-corrected chi connectivity index (χ4v) is 1.45. The Morgan fingerprint density at radius 1 is 0.952 bits per heavy atom. The number of nitrogens with zero attached hydrogens (tertiary/aromatic N) is 1. The van der Waals surface area contributed by atoms with E-state index in [1.165, 1.54) is 6.92 Å². The second kappa shape index (κ2) is 6.25. The van der Waals surface area contributed by atoms with Crippen molar-refractivity contribution < 1.29 is 44.3 Å². The van der Waals surface area contributed by atoms with Crippen LogP contribution < -0.4 is 0 Å². The molecule has 2 nitrogen and oxygen atoms in total. The Hall–Kier alpha value is -1.25. The van der Waals surface area contributed by atoms with E-state index in [1.54, 1.807) is 0 Å². The molecule has 0 aromatic carbocycles. The lowest BCUT2D eigenvalue weighted by atomic mass is 9.95. The van der Waals surface area contributed by atoms with E-state index in [0.717, 1.165) is 6.08 Å². The first kappa shape index (κ1) is 19.8. The van der Waals surface area contributed by atoms with Gasteiger partial charge >= 0.3 is 23.9 Å². The number of alkyl halides is 9. The first-order valence-corrected chi connectivity index (χ1v) is 5.51. The lowest BCUT2D eigenvalue weighted by Gasteiger charge is -2.34. The maximum absolute atomic E-state index is 13.2. The minimum absolute atomic E-state index is 0.0627. The molecule has 0 bridgehead atoms. The summed E-state index contributed by atoms with van der Waals surface area (Å²) in [4.78, 5) is 12.6. The summed E-state index contributed by atoms with van der Waals surface area (Å²) in [5, 5.41) is 0. The smallest absolute Gasteiger partial charge is 0.211 e. The first-order chi connectivity index (χ1) is 9.24. The number of aliphatic imine (C=N–C) groups is 1. The molecule has 0 radical (unpaired) electrons. The van der Waals surface area contributed by atoms with Crippen LogP contribution in [0.15, 0.2) is 4.99 Å². The number of carbonyl (C=O) groups excluding carboxylic acids is 1. The van der Waals surface area contributed by atoms with E-state index in [9.17, 15) is 44.3 Å². The Labute approximate surface area is 113 Å². The summed E-state index contributed by atoms with van der Waals surface area (Å²) in [7, 11) is 0. The van der Waals surface area contributed by atoms with Gasteiger partial charge < -0.3 is 0 Å². The molecular weight excluding hydrogens is 321 g/mol. The molecule has 0 aliphatic heterocycles.